The van der Waals surface area contributed by atoms with Crippen LogP contribution in [-0.4, -0.2) is 40.8 Å². The molecule has 3 heterocycles. The van der Waals surface area contributed by atoms with Crippen LogP contribution in [0.3, 0.4) is 0 Å². The highest BCUT2D eigenvalue weighted by atomic mass is 16.5. The fourth-order valence-electron chi connectivity index (χ4n) is 3.68. The van der Waals surface area contributed by atoms with Crippen LogP contribution >= 0.6 is 0 Å². The summed E-state index contributed by atoms with van der Waals surface area (Å²) in [7, 11) is 3.39. The van der Waals surface area contributed by atoms with Crippen molar-refractivity contribution in [3.05, 3.63) is 58.2 Å². The van der Waals surface area contributed by atoms with Gasteiger partial charge in [-0.15, -0.1) is 0 Å². The van der Waals surface area contributed by atoms with Crippen molar-refractivity contribution in [1.82, 2.24) is 14.7 Å². The van der Waals surface area contributed by atoms with Crippen LogP contribution in [0.1, 0.15) is 34.7 Å². The summed E-state index contributed by atoms with van der Waals surface area (Å²) < 4.78 is 12.4. The first-order valence-electron chi connectivity index (χ1n) is 8.95. The minimum atomic E-state index is -0.638. The number of methoxy groups -OCH3 is 1. The molecule has 0 saturated carbocycles. The van der Waals surface area contributed by atoms with Crippen molar-refractivity contribution >= 4 is 16.9 Å². The Kier molecular flexibility index (Phi) is 4.43. The summed E-state index contributed by atoms with van der Waals surface area (Å²) in [6.07, 6.45) is 5.71. The highest BCUT2D eigenvalue weighted by Gasteiger charge is 2.28. The normalized spacial score (nSPS) is 17.3. The number of likely N-dealkylation sites (tertiary alicyclic amines) is 1. The number of rotatable bonds is 3. The van der Waals surface area contributed by atoms with Gasteiger partial charge >= 0.3 is 5.63 Å². The minimum absolute atomic E-state index is 0.0580. The molecule has 140 valence electrons. The van der Waals surface area contributed by atoms with Crippen molar-refractivity contribution in [2.45, 2.75) is 18.8 Å². The lowest BCUT2D eigenvalue weighted by Crippen LogP contribution is -2.40. The fraction of sp³-hybridized carbons (Fsp3) is 0.350. The number of hydrogen-bond donors (Lipinski definition) is 0. The summed E-state index contributed by atoms with van der Waals surface area (Å²) in [5.41, 5.74) is 0.891. The first-order valence-corrected chi connectivity index (χ1v) is 8.95. The van der Waals surface area contributed by atoms with E-state index in [1.165, 1.54) is 7.11 Å². The molecule has 1 amide bonds. The van der Waals surface area contributed by atoms with Gasteiger partial charge in [0.15, 0.2) is 11.3 Å². The summed E-state index contributed by atoms with van der Waals surface area (Å²) in [6, 6.07) is 6.91. The molecule has 1 aromatic carbocycles. The Morgan fingerprint density at radius 1 is 1.37 bits per heavy atom. The lowest BCUT2D eigenvalue weighted by atomic mass is 9.92. The van der Waals surface area contributed by atoms with Crippen LogP contribution in [0.2, 0.25) is 0 Å². The number of ether oxygens (including phenoxy) is 1. The van der Waals surface area contributed by atoms with Crippen molar-refractivity contribution in [3.63, 3.8) is 0 Å². The second kappa shape index (κ2) is 6.90. The van der Waals surface area contributed by atoms with Gasteiger partial charge in [0.25, 0.3) is 5.91 Å². The highest BCUT2D eigenvalue weighted by molar-refractivity contribution is 5.97. The topological polar surface area (TPSA) is 77.6 Å². The van der Waals surface area contributed by atoms with Gasteiger partial charge in [0.1, 0.15) is 5.56 Å². The van der Waals surface area contributed by atoms with E-state index in [1.54, 1.807) is 33.8 Å². The average Bonchev–Trinajstić information content (AvgIpc) is 3.13. The second-order valence-electron chi connectivity index (χ2n) is 6.86. The molecular weight excluding hydrogens is 346 g/mol. The van der Waals surface area contributed by atoms with E-state index in [1.807, 2.05) is 19.4 Å². The van der Waals surface area contributed by atoms with Crippen LogP contribution in [0.5, 0.6) is 5.75 Å². The molecule has 0 aliphatic carbocycles. The molecule has 1 unspecified atom stereocenters. The van der Waals surface area contributed by atoms with Gasteiger partial charge in [-0.05, 0) is 30.5 Å². The number of nitrogens with zero attached hydrogens (tertiary/aromatic N) is 3. The van der Waals surface area contributed by atoms with Crippen molar-refractivity contribution in [2.24, 2.45) is 7.05 Å². The van der Waals surface area contributed by atoms with Gasteiger partial charge in [0, 0.05) is 37.6 Å². The predicted octanol–water partition coefficient (Wildman–Crippen LogP) is 2.55. The molecular formula is C20H21N3O4. The summed E-state index contributed by atoms with van der Waals surface area (Å²) in [5.74, 6) is 0.407. The molecule has 0 N–H and O–H groups in total. The maximum atomic E-state index is 13.0. The van der Waals surface area contributed by atoms with Crippen LogP contribution in [-0.2, 0) is 7.05 Å². The number of hydrogen-bond acceptors (Lipinski definition) is 5. The van der Waals surface area contributed by atoms with Crippen LogP contribution in [0, 0.1) is 0 Å². The Morgan fingerprint density at radius 2 is 2.22 bits per heavy atom. The van der Waals surface area contributed by atoms with Gasteiger partial charge in [-0.25, -0.2) is 4.79 Å². The molecule has 7 nitrogen and oxygen atoms in total. The molecule has 27 heavy (non-hydrogen) atoms. The summed E-state index contributed by atoms with van der Waals surface area (Å²) in [6.45, 7) is 1.20. The van der Waals surface area contributed by atoms with E-state index in [4.69, 9.17) is 9.15 Å². The third-order valence-corrected chi connectivity index (χ3v) is 5.08. The molecule has 1 fully saturated rings. The number of aromatic nitrogens is 2. The van der Waals surface area contributed by atoms with E-state index < -0.39 is 5.63 Å². The zero-order chi connectivity index (χ0) is 19.0. The number of carbonyl (C=O) groups excluding carboxylic acids is 1. The zero-order valence-electron chi connectivity index (χ0n) is 15.3. The van der Waals surface area contributed by atoms with Gasteiger partial charge in [0.05, 0.1) is 13.3 Å². The SMILES string of the molecule is COc1cccc2cc(C(=O)N3CCCC(c4cnn(C)c4)C3)c(=O)oc12. The maximum absolute atomic E-state index is 13.0. The van der Waals surface area contributed by atoms with Crippen molar-refractivity contribution in [1.29, 1.82) is 0 Å². The Labute approximate surface area is 156 Å². The molecule has 0 bridgehead atoms. The fourth-order valence-corrected chi connectivity index (χ4v) is 3.68. The van der Waals surface area contributed by atoms with Crippen LogP contribution in [0.25, 0.3) is 11.0 Å². The largest absolute Gasteiger partial charge is 0.493 e. The molecule has 1 aliphatic heterocycles. The Balaban J connectivity index is 1.64. The van der Waals surface area contributed by atoms with Crippen LogP contribution in [0.4, 0.5) is 0 Å². The molecule has 2 aromatic heterocycles. The zero-order valence-corrected chi connectivity index (χ0v) is 15.3. The number of aryl methyl sites for hydroxylation is 1. The lowest BCUT2D eigenvalue weighted by Gasteiger charge is -2.32. The van der Waals surface area contributed by atoms with E-state index in [0.717, 1.165) is 18.4 Å². The molecule has 0 radical (unpaired) electrons. The van der Waals surface area contributed by atoms with Gasteiger partial charge in [0.2, 0.25) is 0 Å². The van der Waals surface area contributed by atoms with Gasteiger partial charge < -0.3 is 14.1 Å². The monoisotopic (exact) mass is 367 g/mol. The molecule has 1 atom stereocenters. The number of amides is 1. The van der Waals surface area contributed by atoms with Crippen LogP contribution in [0.15, 0.2) is 45.9 Å². The quantitative estimate of drug-likeness (QED) is 0.665. The molecule has 1 saturated heterocycles. The van der Waals surface area contributed by atoms with E-state index in [2.05, 4.69) is 5.10 Å². The van der Waals surface area contributed by atoms with E-state index in [9.17, 15) is 9.59 Å². The van der Waals surface area contributed by atoms with Crippen molar-refractivity contribution in [3.8, 4) is 5.75 Å². The Morgan fingerprint density at radius 3 is 2.96 bits per heavy atom. The van der Waals surface area contributed by atoms with Crippen molar-refractivity contribution < 1.29 is 13.9 Å². The minimum Gasteiger partial charge on any atom is -0.493 e. The third-order valence-electron chi connectivity index (χ3n) is 5.08. The number of piperidine rings is 1. The molecule has 4 rings (SSSR count). The Hall–Kier alpha value is -3.09. The van der Waals surface area contributed by atoms with Crippen molar-refractivity contribution in [2.75, 3.05) is 20.2 Å². The predicted molar refractivity (Wildman–Crippen MR) is 100 cm³/mol. The number of fused-ring (bicyclic) bond motifs is 1. The lowest BCUT2D eigenvalue weighted by molar-refractivity contribution is 0.0703. The van der Waals surface area contributed by atoms with E-state index >= 15 is 0 Å². The summed E-state index contributed by atoms with van der Waals surface area (Å²) in [5, 5.41) is 4.89. The highest BCUT2D eigenvalue weighted by Crippen LogP contribution is 2.28. The Bertz CT molecular complexity index is 1050. The number of benzene rings is 1. The molecule has 1 aliphatic rings. The van der Waals surface area contributed by atoms with Gasteiger partial charge in [-0.3, -0.25) is 9.48 Å². The van der Waals surface area contributed by atoms with Crippen LogP contribution < -0.4 is 10.4 Å². The van der Waals surface area contributed by atoms with Gasteiger partial charge in [-0.2, -0.15) is 5.10 Å². The smallest absolute Gasteiger partial charge is 0.349 e. The van der Waals surface area contributed by atoms with Gasteiger partial charge in [-0.1, -0.05) is 12.1 Å². The summed E-state index contributed by atoms with van der Waals surface area (Å²) in [4.78, 5) is 27.2. The first kappa shape index (κ1) is 17.3. The standard InChI is InChI=1S/C20H21N3O4/c1-22-11-15(10-21-22)14-6-4-8-23(12-14)19(24)16-9-13-5-3-7-17(26-2)18(13)27-20(16)25/h3,5,7,9-11,14H,4,6,8,12H2,1-2H3. The number of carbonyl (C=O) groups is 1. The number of para-hydroxylation sites is 1. The molecule has 0 spiro atoms. The second-order valence-corrected chi connectivity index (χ2v) is 6.86. The third kappa shape index (κ3) is 3.20. The molecule has 3 aromatic rings. The van der Waals surface area contributed by atoms with E-state index in [-0.39, 0.29) is 17.4 Å². The molecule has 7 heteroatoms. The van der Waals surface area contributed by atoms with E-state index in [0.29, 0.717) is 29.8 Å². The average molecular weight is 367 g/mol. The summed E-state index contributed by atoms with van der Waals surface area (Å²) >= 11 is 0. The maximum Gasteiger partial charge on any atom is 0.349 e. The first-order chi connectivity index (χ1) is 13.1.